The molecule has 2 aromatic carbocycles. The van der Waals surface area contributed by atoms with Crippen LogP contribution in [-0.2, 0) is 0 Å². The van der Waals surface area contributed by atoms with Crippen LogP contribution in [0.3, 0.4) is 0 Å². The molecule has 0 radical (unpaired) electrons. The van der Waals surface area contributed by atoms with E-state index in [-0.39, 0.29) is 0 Å². The van der Waals surface area contributed by atoms with E-state index in [2.05, 4.69) is 58.1 Å². The first-order valence-corrected chi connectivity index (χ1v) is 7.09. The lowest BCUT2D eigenvalue weighted by atomic mass is 10.2. The maximum atomic E-state index is 4.62. The summed E-state index contributed by atoms with van der Waals surface area (Å²) >= 11 is 1.84. The zero-order valence-corrected chi connectivity index (χ0v) is 10.7. The maximum Gasteiger partial charge on any atom is 0.168 e. The molecule has 0 unspecified atom stereocenters. The molecule has 0 spiro atoms. The van der Waals surface area contributed by atoms with Crippen LogP contribution in [0.1, 0.15) is 0 Å². The van der Waals surface area contributed by atoms with Crippen molar-refractivity contribution in [3.63, 3.8) is 0 Å². The van der Waals surface area contributed by atoms with Gasteiger partial charge in [0.2, 0.25) is 0 Å². The van der Waals surface area contributed by atoms with Crippen LogP contribution in [0.4, 0.5) is 0 Å². The summed E-state index contributed by atoms with van der Waals surface area (Å²) in [6.07, 6.45) is 0. The minimum Gasteiger partial charge on any atom is -0.289 e. The molecule has 3 aromatic rings. The molecule has 1 aliphatic rings. The summed E-state index contributed by atoms with van der Waals surface area (Å²) in [5.41, 5.74) is 2.51. The Labute approximate surface area is 109 Å². The summed E-state index contributed by atoms with van der Waals surface area (Å²) < 4.78 is 2.29. The molecule has 88 valence electrons. The highest BCUT2D eigenvalue weighted by Crippen LogP contribution is 2.31. The Morgan fingerprint density at radius 3 is 2.06 bits per heavy atom. The van der Waals surface area contributed by atoms with E-state index < -0.39 is 0 Å². The number of rotatable bonds is 0. The number of nitrogens with zero attached hydrogens (tertiary/aromatic N) is 2. The van der Waals surface area contributed by atoms with Crippen LogP contribution >= 0.6 is 11.8 Å². The Hall–Kier alpha value is -1.74. The van der Waals surface area contributed by atoms with Crippen molar-refractivity contribution in [2.75, 3.05) is 12.3 Å². The number of benzene rings is 2. The number of aliphatic imine (C=N–C) groups is 1. The van der Waals surface area contributed by atoms with Crippen molar-refractivity contribution in [3.05, 3.63) is 48.5 Å². The second kappa shape index (κ2) is 3.89. The predicted octanol–water partition coefficient (Wildman–Crippen LogP) is 3.75. The van der Waals surface area contributed by atoms with Crippen LogP contribution in [0.2, 0.25) is 0 Å². The van der Waals surface area contributed by atoms with Gasteiger partial charge in [0.25, 0.3) is 0 Å². The fourth-order valence-electron chi connectivity index (χ4n) is 2.59. The fourth-order valence-corrected chi connectivity index (χ4v) is 3.46. The van der Waals surface area contributed by atoms with Gasteiger partial charge in [0.05, 0.1) is 17.6 Å². The lowest BCUT2D eigenvalue weighted by Gasteiger charge is -2.05. The van der Waals surface area contributed by atoms with Crippen LogP contribution in [0.5, 0.6) is 0 Å². The van der Waals surface area contributed by atoms with Crippen molar-refractivity contribution in [3.8, 4) is 0 Å². The van der Waals surface area contributed by atoms with Gasteiger partial charge in [0, 0.05) is 16.5 Å². The number of hydrogen-bond acceptors (Lipinski definition) is 2. The molecule has 2 heterocycles. The molecule has 1 aliphatic heterocycles. The van der Waals surface area contributed by atoms with E-state index in [4.69, 9.17) is 0 Å². The van der Waals surface area contributed by atoms with E-state index in [1.54, 1.807) is 0 Å². The molecular formula is C15H12N2S. The van der Waals surface area contributed by atoms with Crippen molar-refractivity contribution >= 4 is 38.7 Å². The first-order chi connectivity index (χ1) is 8.95. The summed E-state index contributed by atoms with van der Waals surface area (Å²) in [6, 6.07) is 17.1. The lowest BCUT2D eigenvalue weighted by molar-refractivity contribution is 1.15. The molecule has 0 fully saturated rings. The van der Waals surface area contributed by atoms with E-state index in [9.17, 15) is 0 Å². The van der Waals surface area contributed by atoms with Gasteiger partial charge in [0.15, 0.2) is 5.17 Å². The lowest BCUT2D eigenvalue weighted by Crippen LogP contribution is -2.04. The Morgan fingerprint density at radius 1 is 0.889 bits per heavy atom. The molecule has 4 rings (SSSR count). The van der Waals surface area contributed by atoms with Crippen LogP contribution in [0.15, 0.2) is 53.5 Å². The molecule has 0 aliphatic carbocycles. The second-order valence-corrected chi connectivity index (χ2v) is 5.44. The summed E-state index contributed by atoms with van der Waals surface area (Å²) in [6.45, 7) is 0.931. The van der Waals surface area contributed by atoms with Crippen LogP contribution < -0.4 is 0 Å². The molecule has 0 saturated carbocycles. The topological polar surface area (TPSA) is 17.3 Å². The zero-order valence-electron chi connectivity index (χ0n) is 9.84. The molecule has 3 heteroatoms. The van der Waals surface area contributed by atoms with Gasteiger partial charge >= 0.3 is 0 Å². The van der Waals surface area contributed by atoms with Gasteiger partial charge in [-0.25, -0.2) is 0 Å². The first-order valence-electron chi connectivity index (χ1n) is 6.11. The van der Waals surface area contributed by atoms with Crippen molar-refractivity contribution < 1.29 is 0 Å². The van der Waals surface area contributed by atoms with Crippen LogP contribution in [-0.4, -0.2) is 22.0 Å². The van der Waals surface area contributed by atoms with Crippen molar-refractivity contribution in [1.29, 1.82) is 0 Å². The van der Waals surface area contributed by atoms with Gasteiger partial charge in [-0.3, -0.25) is 9.56 Å². The Morgan fingerprint density at radius 2 is 1.50 bits per heavy atom. The summed E-state index contributed by atoms with van der Waals surface area (Å²) in [5, 5.41) is 3.75. The summed E-state index contributed by atoms with van der Waals surface area (Å²) in [7, 11) is 0. The van der Waals surface area contributed by atoms with Crippen LogP contribution in [0.25, 0.3) is 21.8 Å². The molecule has 0 atom stereocenters. The number of para-hydroxylation sites is 2. The van der Waals surface area contributed by atoms with Crippen molar-refractivity contribution in [1.82, 2.24) is 4.57 Å². The van der Waals surface area contributed by atoms with Gasteiger partial charge in [-0.15, -0.1) is 0 Å². The fraction of sp³-hybridized carbons (Fsp3) is 0.133. The summed E-state index contributed by atoms with van der Waals surface area (Å²) in [5.74, 6) is 1.09. The summed E-state index contributed by atoms with van der Waals surface area (Å²) in [4.78, 5) is 4.62. The monoisotopic (exact) mass is 252 g/mol. The van der Waals surface area contributed by atoms with Gasteiger partial charge < -0.3 is 0 Å². The Kier molecular flexibility index (Phi) is 2.20. The average molecular weight is 252 g/mol. The minimum absolute atomic E-state index is 0.931. The van der Waals surface area contributed by atoms with E-state index in [1.807, 2.05) is 11.8 Å². The van der Waals surface area contributed by atoms with Crippen molar-refractivity contribution in [2.24, 2.45) is 4.99 Å². The average Bonchev–Trinajstić information content (AvgIpc) is 3.03. The molecule has 2 nitrogen and oxygen atoms in total. The third-order valence-corrected chi connectivity index (χ3v) is 4.30. The highest BCUT2D eigenvalue weighted by Gasteiger charge is 2.16. The highest BCUT2D eigenvalue weighted by atomic mass is 32.2. The van der Waals surface area contributed by atoms with Gasteiger partial charge in [0.1, 0.15) is 0 Å². The third-order valence-electron chi connectivity index (χ3n) is 3.34. The Bertz CT molecular complexity index is 717. The number of hydrogen-bond donors (Lipinski definition) is 0. The number of aromatic nitrogens is 1. The largest absolute Gasteiger partial charge is 0.289 e. The molecule has 0 N–H and O–H groups in total. The number of fused-ring (bicyclic) bond motifs is 3. The van der Waals surface area contributed by atoms with E-state index >= 15 is 0 Å². The van der Waals surface area contributed by atoms with Crippen LogP contribution in [0, 0.1) is 0 Å². The minimum atomic E-state index is 0.931. The standard InChI is InChI=1S/C15H12N2S/c1-3-7-13-11(5-1)12-6-2-4-8-14(12)17(13)15-16-9-10-18-15/h1-8H,9-10H2. The quantitative estimate of drug-likeness (QED) is 0.595. The van der Waals surface area contributed by atoms with Gasteiger partial charge in [-0.05, 0) is 12.1 Å². The molecule has 0 amide bonds. The smallest absolute Gasteiger partial charge is 0.168 e. The van der Waals surface area contributed by atoms with Crippen molar-refractivity contribution in [2.45, 2.75) is 0 Å². The number of thioether (sulfide) groups is 1. The first kappa shape index (κ1) is 10.2. The zero-order chi connectivity index (χ0) is 11.9. The highest BCUT2D eigenvalue weighted by molar-refractivity contribution is 8.14. The van der Waals surface area contributed by atoms with E-state index in [0.29, 0.717) is 0 Å². The molecule has 0 bridgehead atoms. The Balaban J connectivity index is 2.20. The van der Waals surface area contributed by atoms with Gasteiger partial charge in [-0.2, -0.15) is 0 Å². The SMILES string of the molecule is c1ccc2c(c1)c1ccccc1n2C1=NCCS1. The molecule has 1 aromatic heterocycles. The predicted molar refractivity (Wildman–Crippen MR) is 79.6 cm³/mol. The van der Waals surface area contributed by atoms with Gasteiger partial charge in [-0.1, -0.05) is 48.2 Å². The third kappa shape index (κ3) is 1.34. The van der Waals surface area contributed by atoms with E-state index in [1.165, 1.54) is 21.8 Å². The molecule has 18 heavy (non-hydrogen) atoms. The van der Waals surface area contributed by atoms with E-state index in [0.717, 1.165) is 17.5 Å². The molecule has 0 saturated heterocycles. The normalized spacial score (nSPS) is 15.4. The maximum absolute atomic E-state index is 4.62. The second-order valence-electron chi connectivity index (χ2n) is 4.38. The molecular weight excluding hydrogens is 240 g/mol.